The Kier molecular flexibility index (Phi) is 6.04. The fourth-order valence-corrected chi connectivity index (χ4v) is 4.51. The maximum absolute atomic E-state index is 13.3. The standard InChI is InChI=1S/C27H33N5O2/c1-17-5-8-24(32-15-23(16-32)30-22-6-7-22)12-26(17)27(33)29-18(2)19-9-20(11-25(10-19)34-4)21-13-28-31(3)14-21/h5,8-14,18,22-23,30H,6-7,15-16H2,1-4H3,(H,29,33). The number of benzene rings is 2. The molecule has 2 heterocycles. The second-order valence-corrected chi connectivity index (χ2v) is 9.63. The molecule has 34 heavy (non-hydrogen) atoms. The lowest BCUT2D eigenvalue weighted by atomic mass is 10.00. The Bertz CT molecular complexity index is 1190. The molecule has 1 atom stereocenters. The highest BCUT2D eigenvalue weighted by atomic mass is 16.5. The Morgan fingerprint density at radius 1 is 1.12 bits per heavy atom. The van der Waals surface area contributed by atoms with Gasteiger partial charge >= 0.3 is 0 Å². The molecule has 0 bridgehead atoms. The molecule has 1 aromatic heterocycles. The van der Waals surface area contributed by atoms with Crippen LogP contribution in [-0.2, 0) is 7.05 Å². The Morgan fingerprint density at radius 3 is 2.59 bits per heavy atom. The zero-order valence-electron chi connectivity index (χ0n) is 20.3. The molecule has 178 valence electrons. The van der Waals surface area contributed by atoms with Crippen molar-refractivity contribution >= 4 is 11.6 Å². The Hall–Kier alpha value is -3.32. The number of nitrogens with zero attached hydrogens (tertiary/aromatic N) is 3. The van der Waals surface area contributed by atoms with Crippen LogP contribution in [0.4, 0.5) is 5.69 Å². The quantitative estimate of drug-likeness (QED) is 0.536. The molecule has 0 spiro atoms. The second kappa shape index (κ2) is 9.14. The molecule has 7 nitrogen and oxygen atoms in total. The van der Waals surface area contributed by atoms with Gasteiger partial charge in [0.05, 0.1) is 19.3 Å². The summed E-state index contributed by atoms with van der Waals surface area (Å²) in [5.41, 5.74) is 5.80. The largest absolute Gasteiger partial charge is 0.497 e. The summed E-state index contributed by atoms with van der Waals surface area (Å²) in [4.78, 5) is 15.6. The Balaban J connectivity index is 1.30. The molecular weight excluding hydrogens is 426 g/mol. The number of methoxy groups -OCH3 is 1. The third kappa shape index (κ3) is 4.80. The van der Waals surface area contributed by atoms with Crippen molar-refractivity contribution in [2.75, 3.05) is 25.1 Å². The number of carbonyl (C=O) groups excluding carboxylic acids is 1. The van der Waals surface area contributed by atoms with Crippen molar-refractivity contribution in [2.24, 2.45) is 7.05 Å². The van der Waals surface area contributed by atoms with Gasteiger partial charge in [-0.3, -0.25) is 9.48 Å². The summed E-state index contributed by atoms with van der Waals surface area (Å²) in [7, 11) is 3.55. The summed E-state index contributed by atoms with van der Waals surface area (Å²) in [6, 6.07) is 13.3. The van der Waals surface area contributed by atoms with Gasteiger partial charge in [-0.1, -0.05) is 6.07 Å². The van der Waals surface area contributed by atoms with Crippen molar-refractivity contribution in [2.45, 2.75) is 44.8 Å². The van der Waals surface area contributed by atoms with E-state index in [0.717, 1.165) is 58.4 Å². The first-order valence-corrected chi connectivity index (χ1v) is 12.0. The van der Waals surface area contributed by atoms with E-state index < -0.39 is 0 Å². The fourth-order valence-electron chi connectivity index (χ4n) is 4.51. The average Bonchev–Trinajstić information content (AvgIpc) is 3.53. The Labute approximate surface area is 201 Å². The molecule has 1 saturated heterocycles. The monoisotopic (exact) mass is 459 g/mol. The van der Waals surface area contributed by atoms with Gasteiger partial charge in [0.15, 0.2) is 0 Å². The van der Waals surface area contributed by atoms with Gasteiger partial charge in [0.2, 0.25) is 0 Å². The lowest BCUT2D eigenvalue weighted by Crippen LogP contribution is -2.58. The van der Waals surface area contributed by atoms with Crippen molar-refractivity contribution in [1.82, 2.24) is 20.4 Å². The van der Waals surface area contributed by atoms with E-state index in [2.05, 4.69) is 32.8 Å². The number of aryl methyl sites for hydroxylation is 2. The summed E-state index contributed by atoms with van der Waals surface area (Å²) >= 11 is 0. The highest BCUT2D eigenvalue weighted by Gasteiger charge is 2.32. The number of hydrogen-bond donors (Lipinski definition) is 2. The highest BCUT2D eigenvalue weighted by Crippen LogP contribution is 2.30. The number of anilines is 1. The third-order valence-corrected chi connectivity index (χ3v) is 6.81. The molecule has 3 aromatic rings. The van der Waals surface area contributed by atoms with Crippen molar-refractivity contribution < 1.29 is 9.53 Å². The van der Waals surface area contributed by atoms with Crippen molar-refractivity contribution in [3.8, 4) is 16.9 Å². The van der Waals surface area contributed by atoms with Gasteiger partial charge in [-0.05, 0) is 73.7 Å². The van der Waals surface area contributed by atoms with Crippen LogP contribution in [0, 0.1) is 6.92 Å². The van der Waals surface area contributed by atoms with Crippen LogP contribution in [0.25, 0.3) is 11.1 Å². The van der Waals surface area contributed by atoms with Crippen molar-refractivity contribution in [3.05, 3.63) is 65.5 Å². The predicted molar refractivity (Wildman–Crippen MR) is 134 cm³/mol. The van der Waals surface area contributed by atoms with E-state index >= 15 is 0 Å². The molecule has 0 radical (unpaired) electrons. The first-order valence-electron chi connectivity index (χ1n) is 12.0. The predicted octanol–water partition coefficient (Wildman–Crippen LogP) is 3.84. The van der Waals surface area contributed by atoms with Crippen LogP contribution in [0.2, 0.25) is 0 Å². The number of carbonyl (C=O) groups is 1. The first kappa shape index (κ1) is 22.5. The summed E-state index contributed by atoms with van der Waals surface area (Å²) in [5, 5.41) is 11.1. The van der Waals surface area contributed by atoms with Gasteiger partial charge in [-0.15, -0.1) is 0 Å². The van der Waals surface area contributed by atoms with Gasteiger partial charge in [0, 0.05) is 55.2 Å². The van der Waals surface area contributed by atoms with E-state index in [1.54, 1.807) is 11.8 Å². The van der Waals surface area contributed by atoms with Gasteiger partial charge in [-0.2, -0.15) is 5.10 Å². The van der Waals surface area contributed by atoms with E-state index in [-0.39, 0.29) is 11.9 Å². The normalized spacial score (nSPS) is 16.8. The lowest BCUT2D eigenvalue weighted by Gasteiger charge is -2.42. The van der Waals surface area contributed by atoms with Crippen LogP contribution in [0.5, 0.6) is 5.75 Å². The summed E-state index contributed by atoms with van der Waals surface area (Å²) < 4.78 is 7.31. The number of hydrogen-bond acceptors (Lipinski definition) is 5. The molecular formula is C27H33N5O2. The smallest absolute Gasteiger partial charge is 0.252 e. The minimum atomic E-state index is -0.183. The van der Waals surface area contributed by atoms with Crippen LogP contribution in [0.3, 0.4) is 0 Å². The van der Waals surface area contributed by atoms with Crippen LogP contribution < -0.4 is 20.3 Å². The topological polar surface area (TPSA) is 71.4 Å². The highest BCUT2D eigenvalue weighted by molar-refractivity contribution is 5.97. The Morgan fingerprint density at radius 2 is 1.91 bits per heavy atom. The van der Waals surface area contributed by atoms with E-state index in [1.807, 2.05) is 57.6 Å². The number of amides is 1. The number of ether oxygens (including phenoxy) is 1. The molecule has 2 N–H and O–H groups in total. The van der Waals surface area contributed by atoms with Gasteiger partial charge in [-0.25, -0.2) is 0 Å². The molecule has 2 aliphatic rings. The van der Waals surface area contributed by atoms with Crippen LogP contribution >= 0.6 is 0 Å². The van der Waals surface area contributed by atoms with Gasteiger partial charge in [0.25, 0.3) is 5.91 Å². The summed E-state index contributed by atoms with van der Waals surface area (Å²) in [5.74, 6) is 0.688. The molecule has 1 amide bonds. The van der Waals surface area contributed by atoms with E-state index in [9.17, 15) is 4.79 Å². The van der Waals surface area contributed by atoms with Gasteiger partial charge < -0.3 is 20.3 Å². The molecule has 1 unspecified atom stereocenters. The number of rotatable bonds is 8. The minimum absolute atomic E-state index is 0.0641. The second-order valence-electron chi connectivity index (χ2n) is 9.63. The van der Waals surface area contributed by atoms with E-state index in [1.165, 1.54) is 12.8 Å². The molecule has 2 aromatic carbocycles. The average molecular weight is 460 g/mol. The van der Waals surface area contributed by atoms with Crippen LogP contribution in [-0.4, -0.2) is 48.0 Å². The van der Waals surface area contributed by atoms with Crippen molar-refractivity contribution in [3.63, 3.8) is 0 Å². The fraction of sp³-hybridized carbons (Fsp3) is 0.407. The molecule has 5 rings (SSSR count). The molecule has 7 heteroatoms. The maximum Gasteiger partial charge on any atom is 0.252 e. The zero-order valence-corrected chi connectivity index (χ0v) is 20.3. The van der Waals surface area contributed by atoms with Crippen LogP contribution in [0.1, 0.15) is 47.3 Å². The summed E-state index contributed by atoms with van der Waals surface area (Å²) in [6.45, 7) is 5.99. The lowest BCUT2D eigenvalue weighted by molar-refractivity contribution is 0.0939. The molecule has 1 saturated carbocycles. The molecule has 1 aliphatic carbocycles. The summed E-state index contributed by atoms with van der Waals surface area (Å²) in [6.07, 6.45) is 6.41. The number of nitrogens with one attached hydrogen (secondary N) is 2. The third-order valence-electron chi connectivity index (χ3n) is 6.81. The first-order chi connectivity index (χ1) is 16.4. The number of aromatic nitrogens is 2. The van der Waals surface area contributed by atoms with Crippen LogP contribution in [0.15, 0.2) is 48.8 Å². The molecule has 2 fully saturated rings. The maximum atomic E-state index is 13.3. The minimum Gasteiger partial charge on any atom is -0.497 e. The van der Waals surface area contributed by atoms with E-state index in [0.29, 0.717) is 6.04 Å². The SMILES string of the molecule is COc1cc(-c2cnn(C)c2)cc(C(C)NC(=O)c2cc(N3CC(NC4CC4)C3)ccc2C)c1. The zero-order chi connectivity index (χ0) is 23.8. The van der Waals surface area contributed by atoms with Crippen molar-refractivity contribution in [1.29, 1.82) is 0 Å². The molecule has 1 aliphatic heterocycles. The van der Waals surface area contributed by atoms with E-state index in [4.69, 9.17) is 4.74 Å². The van der Waals surface area contributed by atoms with Gasteiger partial charge in [0.1, 0.15) is 5.75 Å².